The molecule has 0 unspecified atom stereocenters. The first-order chi connectivity index (χ1) is 16.3. The highest BCUT2D eigenvalue weighted by Gasteiger charge is 2.30. The van der Waals surface area contributed by atoms with Crippen molar-refractivity contribution < 1.29 is 4.79 Å². The van der Waals surface area contributed by atoms with Gasteiger partial charge in [-0.25, -0.2) is 9.97 Å². The van der Waals surface area contributed by atoms with E-state index in [4.69, 9.17) is 9.97 Å². The minimum atomic E-state index is 0.152. The summed E-state index contributed by atoms with van der Waals surface area (Å²) in [6.45, 7) is 1.54. The number of nitrogens with one attached hydrogen (secondary N) is 1. The van der Waals surface area contributed by atoms with Crippen LogP contribution in [-0.4, -0.2) is 38.8 Å². The fourth-order valence-electron chi connectivity index (χ4n) is 4.69. The zero-order valence-electron chi connectivity index (χ0n) is 18.7. The molecule has 0 radical (unpaired) electrons. The zero-order valence-corrected chi connectivity index (χ0v) is 18.7. The summed E-state index contributed by atoms with van der Waals surface area (Å²) in [5.41, 5.74) is 2.89. The van der Waals surface area contributed by atoms with E-state index in [-0.39, 0.29) is 11.8 Å². The molecule has 0 spiro atoms. The van der Waals surface area contributed by atoms with Crippen LogP contribution in [0.25, 0.3) is 11.3 Å². The molecule has 0 bridgehead atoms. The van der Waals surface area contributed by atoms with Gasteiger partial charge in [-0.1, -0.05) is 30.4 Å². The molecule has 1 fully saturated rings. The van der Waals surface area contributed by atoms with Crippen LogP contribution < -0.4 is 5.32 Å². The van der Waals surface area contributed by atoms with Crippen LogP contribution in [0.15, 0.2) is 73.1 Å². The molecule has 1 atom stereocenters. The number of amides is 1. The second-order valence-electron chi connectivity index (χ2n) is 8.80. The number of hydrogen-bond acceptors (Lipinski definition) is 5. The van der Waals surface area contributed by atoms with Crippen LogP contribution in [0, 0.1) is 5.92 Å². The van der Waals surface area contributed by atoms with E-state index >= 15 is 0 Å². The SMILES string of the molecule is O=C([C@H]1CC=CCC1)N1CCC(c2nc(Nc3ccccc3)cc(-c3ccncc3)n2)CC1. The Balaban J connectivity index is 1.35. The average Bonchev–Trinajstić information content (AvgIpc) is 2.90. The summed E-state index contributed by atoms with van der Waals surface area (Å²) in [5, 5.41) is 3.43. The van der Waals surface area contributed by atoms with Gasteiger partial charge in [0.15, 0.2) is 0 Å². The van der Waals surface area contributed by atoms with Gasteiger partial charge < -0.3 is 10.2 Å². The number of pyridine rings is 1. The smallest absolute Gasteiger partial charge is 0.226 e. The van der Waals surface area contributed by atoms with Gasteiger partial charge in [0.25, 0.3) is 0 Å². The third kappa shape index (κ3) is 5.11. The Morgan fingerprint density at radius 3 is 2.45 bits per heavy atom. The van der Waals surface area contributed by atoms with Crippen LogP contribution in [0.5, 0.6) is 0 Å². The van der Waals surface area contributed by atoms with Crippen molar-refractivity contribution >= 4 is 17.4 Å². The van der Waals surface area contributed by atoms with Crippen LogP contribution in [-0.2, 0) is 4.79 Å². The number of anilines is 2. The topological polar surface area (TPSA) is 71.0 Å². The number of rotatable bonds is 5. The van der Waals surface area contributed by atoms with Gasteiger partial charge >= 0.3 is 0 Å². The number of carbonyl (C=O) groups is 1. The minimum Gasteiger partial charge on any atom is -0.342 e. The summed E-state index contributed by atoms with van der Waals surface area (Å²) in [5.74, 6) is 2.33. The molecule has 6 nitrogen and oxygen atoms in total. The minimum absolute atomic E-state index is 0.152. The Hall–Kier alpha value is -3.54. The Labute approximate surface area is 194 Å². The number of likely N-dealkylation sites (tertiary alicyclic amines) is 1. The number of nitrogens with zero attached hydrogens (tertiary/aromatic N) is 4. The number of para-hydroxylation sites is 1. The van der Waals surface area contributed by atoms with E-state index in [1.807, 2.05) is 48.5 Å². The predicted octanol–water partition coefficient (Wildman–Crippen LogP) is 5.34. The largest absolute Gasteiger partial charge is 0.342 e. The summed E-state index contributed by atoms with van der Waals surface area (Å²) in [7, 11) is 0. The third-order valence-corrected chi connectivity index (χ3v) is 6.56. The monoisotopic (exact) mass is 439 g/mol. The zero-order chi connectivity index (χ0) is 22.5. The van der Waals surface area contributed by atoms with Crippen molar-refractivity contribution in [1.29, 1.82) is 0 Å². The predicted molar refractivity (Wildman–Crippen MR) is 130 cm³/mol. The van der Waals surface area contributed by atoms with Crippen LogP contribution in [0.3, 0.4) is 0 Å². The van der Waals surface area contributed by atoms with Gasteiger partial charge in [0, 0.05) is 54.6 Å². The summed E-state index contributed by atoms with van der Waals surface area (Å²) >= 11 is 0. The van der Waals surface area contributed by atoms with Crippen LogP contribution in [0.2, 0.25) is 0 Å². The van der Waals surface area contributed by atoms with Crippen LogP contribution >= 0.6 is 0 Å². The summed E-state index contributed by atoms with van der Waals surface area (Å²) in [6, 6.07) is 16.0. The van der Waals surface area contributed by atoms with Crippen molar-refractivity contribution in [3.63, 3.8) is 0 Å². The molecule has 168 valence electrons. The van der Waals surface area contributed by atoms with Crippen molar-refractivity contribution in [2.75, 3.05) is 18.4 Å². The number of carbonyl (C=O) groups excluding carboxylic acids is 1. The molecule has 5 rings (SSSR count). The van der Waals surface area contributed by atoms with Gasteiger partial charge in [0.1, 0.15) is 11.6 Å². The second-order valence-corrected chi connectivity index (χ2v) is 8.80. The fourth-order valence-corrected chi connectivity index (χ4v) is 4.69. The Bertz CT molecular complexity index is 1110. The van der Waals surface area contributed by atoms with Gasteiger partial charge in [0.05, 0.1) is 5.69 Å². The van der Waals surface area contributed by atoms with Crippen molar-refractivity contribution in [1.82, 2.24) is 19.9 Å². The summed E-state index contributed by atoms with van der Waals surface area (Å²) in [4.78, 5) is 28.9. The van der Waals surface area contributed by atoms with Crippen molar-refractivity contribution in [2.45, 2.75) is 38.0 Å². The van der Waals surface area contributed by atoms with Gasteiger partial charge in [0.2, 0.25) is 5.91 Å². The molecule has 6 heteroatoms. The van der Waals surface area contributed by atoms with E-state index in [1.54, 1.807) is 12.4 Å². The molecule has 3 aromatic rings. The third-order valence-electron chi connectivity index (χ3n) is 6.56. The molecule has 0 saturated carbocycles. The molecule has 33 heavy (non-hydrogen) atoms. The summed E-state index contributed by atoms with van der Waals surface area (Å²) < 4.78 is 0. The molecular formula is C27H29N5O. The maximum absolute atomic E-state index is 12.9. The van der Waals surface area contributed by atoms with E-state index < -0.39 is 0 Å². The molecule has 3 heterocycles. The maximum Gasteiger partial charge on any atom is 0.226 e. The standard InChI is InChI=1S/C27H29N5O/c33-27(22-7-3-1-4-8-22)32-17-13-21(14-18-32)26-30-24(20-11-15-28-16-12-20)19-25(31-26)29-23-9-5-2-6-10-23/h1-3,5-6,9-12,15-16,19,21-22H,4,7-8,13-14,17-18H2,(H,29,30,31)/t22-/m0/s1. The lowest BCUT2D eigenvalue weighted by atomic mass is 9.90. The number of hydrogen-bond donors (Lipinski definition) is 1. The highest BCUT2D eigenvalue weighted by Crippen LogP contribution is 2.31. The van der Waals surface area contributed by atoms with E-state index in [0.717, 1.165) is 73.8 Å². The lowest BCUT2D eigenvalue weighted by Crippen LogP contribution is -2.41. The molecule has 1 N–H and O–H groups in total. The number of piperidine rings is 1. The van der Waals surface area contributed by atoms with E-state index in [2.05, 4.69) is 27.4 Å². The highest BCUT2D eigenvalue weighted by molar-refractivity contribution is 5.79. The molecule has 2 aromatic heterocycles. The van der Waals surface area contributed by atoms with Crippen molar-refractivity contribution in [3.8, 4) is 11.3 Å². The van der Waals surface area contributed by atoms with Crippen LogP contribution in [0.1, 0.15) is 43.8 Å². The lowest BCUT2D eigenvalue weighted by Gasteiger charge is -2.34. The first kappa shape index (κ1) is 21.3. The van der Waals surface area contributed by atoms with E-state index in [1.165, 1.54) is 0 Å². The Morgan fingerprint density at radius 2 is 1.73 bits per heavy atom. The van der Waals surface area contributed by atoms with Crippen molar-refractivity contribution in [3.05, 3.63) is 78.9 Å². The molecule has 1 amide bonds. The Kier molecular flexibility index (Phi) is 6.42. The van der Waals surface area contributed by atoms with E-state index in [0.29, 0.717) is 5.91 Å². The number of allylic oxidation sites excluding steroid dienone is 2. The molecular weight excluding hydrogens is 410 g/mol. The molecule has 1 aliphatic carbocycles. The van der Waals surface area contributed by atoms with E-state index in [9.17, 15) is 4.79 Å². The number of aromatic nitrogens is 3. The lowest BCUT2D eigenvalue weighted by molar-refractivity contribution is -0.136. The number of benzene rings is 1. The molecule has 1 aromatic carbocycles. The van der Waals surface area contributed by atoms with Crippen LogP contribution in [0.4, 0.5) is 11.5 Å². The molecule has 1 saturated heterocycles. The second kappa shape index (κ2) is 9.94. The first-order valence-electron chi connectivity index (χ1n) is 11.8. The van der Waals surface area contributed by atoms with Crippen molar-refractivity contribution in [2.24, 2.45) is 5.92 Å². The molecule has 1 aliphatic heterocycles. The fraction of sp³-hybridized carbons (Fsp3) is 0.333. The van der Waals surface area contributed by atoms with Gasteiger partial charge in [-0.15, -0.1) is 0 Å². The van der Waals surface area contributed by atoms with Gasteiger partial charge in [-0.05, 0) is 56.4 Å². The highest BCUT2D eigenvalue weighted by atomic mass is 16.2. The molecule has 2 aliphatic rings. The summed E-state index contributed by atoms with van der Waals surface area (Å²) in [6.07, 6.45) is 12.5. The first-order valence-corrected chi connectivity index (χ1v) is 11.8. The van der Waals surface area contributed by atoms with Gasteiger partial charge in [-0.3, -0.25) is 9.78 Å². The van der Waals surface area contributed by atoms with Gasteiger partial charge in [-0.2, -0.15) is 0 Å². The normalized spacial score (nSPS) is 18.8. The quantitative estimate of drug-likeness (QED) is 0.543. The average molecular weight is 440 g/mol. The maximum atomic E-state index is 12.9. The Morgan fingerprint density at radius 1 is 0.939 bits per heavy atom.